The van der Waals surface area contributed by atoms with Crippen LogP contribution in [0.15, 0.2) is 182 Å². The molecule has 2 nitrogen and oxygen atoms in total. The van der Waals surface area contributed by atoms with E-state index in [0.717, 1.165) is 45.0 Å². The minimum absolute atomic E-state index is 0.0300. The Hall–Kier alpha value is -6.90. The summed E-state index contributed by atoms with van der Waals surface area (Å²) in [6.07, 6.45) is 0. The quantitative estimate of drug-likeness (QED) is 0.159. The van der Waals surface area contributed by atoms with Crippen molar-refractivity contribution in [2.24, 2.45) is 0 Å². The molecule has 0 fully saturated rings. The third-order valence-corrected chi connectivity index (χ3v) is 13.7. The number of nitrogens with one attached hydrogen (secondary N) is 2. The highest BCUT2D eigenvalue weighted by atomic mass is 14.9. The van der Waals surface area contributed by atoms with Crippen molar-refractivity contribution in [3.63, 3.8) is 0 Å². The van der Waals surface area contributed by atoms with Crippen molar-refractivity contribution in [3.05, 3.63) is 204 Å². The number of rotatable bonds is 8. The van der Waals surface area contributed by atoms with Crippen LogP contribution in [-0.2, 0) is 21.7 Å². The number of hydrogen-bond donors (Lipinski definition) is 2. The Balaban J connectivity index is 1.29. The molecule has 0 saturated heterocycles. The van der Waals surface area contributed by atoms with E-state index in [2.05, 4.69) is 276 Å². The van der Waals surface area contributed by atoms with Crippen molar-refractivity contribution >= 4 is 44.3 Å². The van der Waals surface area contributed by atoms with Gasteiger partial charge in [0, 0.05) is 45.0 Å². The lowest BCUT2D eigenvalue weighted by atomic mass is 9.84. The first-order valence-electron chi connectivity index (χ1n) is 24.4. The molecule has 0 aliphatic carbocycles. The Bertz CT molecular complexity index is 3070. The molecule has 9 rings (SSSR count). The summed E-state index contributed by atoms with van der Waals surface area (Å²) in [5, 5.41) is 13.1. The summed E-state index contributed by atoms with van der Waals surface area (Å²) < 4.78 is 0. The van der Waals surface area contributed by atoms with Gasteiger partial charge >= 0.3 is 0 Å². The molecule has 9 aromatic rings. The van der Waals surface area contributed by atoms with Crippen molar-refractivity contribution in [1.82, 2.24) is 0 Å². The minimum atomic E-state index is -0.0311. The molecule has 0 aliphatic rings. The van der Waals surface area contributed by atoms with E-state index >= 15 is 0 Å². The monoisotopic (exact) mass is 889 g/mol. The average Bonchev–Trinajstić information content (AvgIpc) is 3.30. The van der Waals surface area contributed by atoms with E-state index in [9.17, 15) is 0 Å². The third-order valence-electron chi connectivity index (χ3n) is 13.7. The Kier molecular flexibility index (Phi) is 12.0. The van der Waals surface area contributed by atoms with Crippen LogP contribution in [0.3, 0.4) is 0 Å². The standard InChI is InChI=1S/C66H68N2/c1-63(2,3)51-29-25-45(26-30-51)57-41-58(46-27-31-52(32-28-46)64(4,5)6)62(68-60-36-34-54(66(10,11)12)40-56(60)50-24-22-44-18-14-16-20-48(44)38-50)42-61(57)67-59-35-33-53(65(7,8)9)39-55(59)49-23-21-43-17-13-15-19-47(43)37-49/h13-42,67-68H,1-12H3. The molecular formula is C66H68N2. The van der Waals surface area contributed by atoms with Crippen LogP contribution in [0.1, 0.15) is 105 Å². The molecule has 0 unspecified atom stereocenters. The summed E-state index contributed by atoms with van der Waals surface area (Å²) in [6, 6.07) is 68.1. The van der Waals surface area contributed by atoms with Crippen molar-refractivity contribution in [1.29, 1.82) is 0 Å². The first-order valence-corrected chi connectivity index (χ1v) is 24.4. The second-order valence-corrected chi connectivity index (χ2v) is 23.0. The fourth-order valence-electron chi connectivity index (χ4n) is 9.30. The zero-order valence-corrected chi connectivity index (χ0v) is 42.3. The van der Waals surface area contributed by atoms with Crippen LogP contribution < -0.4 is 10.6 Å². The molecule has 0 saturated carbocycles. The van der Waals surface area contributed by atoms with E-state index in [0.29, 0.717) is 0 Å². The molecule has 0 aliphatic heterocycles. The molecule has 2 N–H and O–H groups in total. The highest BCUT2D eigenvalue weighted by Gasteiger charge is 2.23. The van der Waals surface area contributed by atoms with E-state index in [1.54, 1.807) is 0 Å². The van der Waals surface area contributed by atoms with Crippen molar-refractivity contribution in [2.45, 2.75) is 105 Å². The topological polar surface area (TPSA) is 24.1 Å². The maximum absolute atomic E-state index is 4.10. The van der Waals surface area contributed by atoms with Gasteiger partial charge < -0.3 is 10.6 Å². The normalized spacial score (nSPS) is 12.4. The minimum Gasteiger partial charge on any atom is -0.354 e. The van der Waals surface area contributed by atoms with Crippen LogP contribution >= 0.6 is 0 Å². The zero-order chi connectivity index (χ0) is 48.2. The Morgan fingerprint density at radius 3 is 0.897 bits per heavy atom. The Morgan fingerprint density at radius 2 is 0.544 bits per heavy atom. The van der Waals surface area contributed by atoms with Crippen molar-refractivity contribution in [3.8, 4) is 44.5 Å². The van der Waals surface area contributed by atoms with Gasteiger partial charge in [-0.25, -0.2) is 0 Å². The lowest BCUT2D eigenvalue weighted by Crippen LogP contribution is -2.12. The van der Waals surface area contributed by atoms with Gasteiger partial charge in [-0.15, -0.1) is 0 Å². The van der Waals surface area contributed by atoms with E-state index in [1.807, 2.05) is 0 Å². The number of hydrogen-bond acceptors (Lipinski definition) is 2. The van der Waals surface area contributed by atoms with Crippen LogP contribution in [0.4, 0.5) is 22.7 Å². The maximum Gasteiger partial charge on any atom is 0.0485 e. The molecule has 0 bridgehead atoms. The average molecular weight is 889 g/mol. The third kappa shape index (κ3) is 9.74. The SMILES string of the molecule is CC(C)(C)c1ccc(-c2cc(-c3ccc(C(C)(C)C)cc3)c(Nc3ccc(C(C)(C)C)cc3-c3ccc4ccccc4c3)cc2Nc2ccc(C(C)(C)C)cc2-c2ccc3ccccc3c2)cc1. The summed E-state index contributed by atoms with van der Waals surface area (Å²) in [6.45, 7) is 27.5. The van der Waals surface area contributed by atoms with Gasteiger partial charge in [0.15, 0.2) is 0 Å². The van der Waals surface area contributed by atoms with Gasteiger partial charge in [0.1, 0.15) is 0 Å². The van der Waals surface area contributed by atoms with Crippen LogP contribution in [0.25, 0.3) is 66.1 Å². The Morgan fingerprint density at radius 1 is 0.235 bits per heavy atom. The Labute approximate surface area is 406 Å². The summed E-state index contributed by atoms with van der Waals surface area (Å²) in [5.74, 6) is 0. The van der Waals surface area contributed by atoms with Crippen LogP contribution in [0, 0.1) is 0 Å². The molecule has 342 valence electrons. The molecule has 0 spiro atoms. The lowest BCUT2D eigenvalue weighted by molar-refractivity contribution is 0.590. The first kappa shape index (κ1) is 46.2. The highest BCUT2D eigenvalue weighted by Crippen LogP contribution is 2.46. The first-order chi connectivity index (χ1) is 32.2. The highest BCUT2D eigenvalue weighted by molar-refractivity contribution is 5.98. The van der Waals surface area contributed by atoms with Gasteiger partial charge in [0.05, 0.1) is 0 Å². The van der Waals surface area contributed by atoms with Gasteiger partial charge in [0.2, 0.25) is 0 Å². The van der Waals surface area contributed by atoms with Crippen LogP contribution in [0.5, 0.6) is 0 Å². The molecule has 0 radical (unpaired) electrons. The van der Waals surface area contributed by atoms with Crippen LogP contribution in [-0.4, -0.2) is 0 Å². The zero-order valence-electron chi connectivity index (χ0n) is 42.3. The van der Waals surface area contributed by atoms with Gasteiger partial charge in [-0.05, 0) is 136 Å². The molecule has 68 heavy (non-hydrogen) atoms. The number of anilines is 4. The molecule has 0 atom stereocenters. The molecule has 9 aromatic carbocycles. The van der Waals surface area contributed by atoms with Crippen LogP contribution in [0.2, 0.25) is 0 Å². The van der Waals surface area contributed by atoms with E-state index in [-0.39, 0.29) is 21.7 Å². The van der Waals surface area contributed by atoms with Crippen molar-refractivity contribution in [2.75, 3.05) is 10.6 Å². The van der Waals surface area contributed by atoms with E-state index < -0.39 is 0 Å². The molecule has 0 aromatic heterocycles. The lowest BCUT2D eigenvalue weighted by Gasteiger charge is -2.25. The van der Waals surface area contributed by atoms with Crippen molar-refractivity contribution < 1.29 is 0 Å². The summed E-state index contributed by atoms with van der Waals surface area (Å²) >= 11 is 0. The molecule has 0 heterocycles. The van der Waals surface area contributed by atoms with Gasteiger partial charge in [-0.1, -0.05) is 217 Å². The summed E-state index contributed by atoms with van der Waals surface area (Å²) in [4.78, 5) is 0. The van der Waals surface area contributed by atoms with Gasteiger partial charge in [0.25, 0.3) is 0 Å². The predicted octanol–water partition coefficient (Wildman–Crippen LogP) is 19.3. The smallest absolute Gasteiger partial charge is 0.0485 e. The predicted molar refractivity (Wildman–Crippen MR) is 297 cm³/mol. The number of fused-ring (bicyclic) bond motifs is 2. The molecule has 0 amide bonds. The fourth-order valence-corrected chi connectivity index (χ4v) is 9.30. The van der Waals surface area contributed by atoms with Gasteiger partial charge in [-0.3, -0.25) is 0 Å². The van der Waals surface area contributed by atoms with Gasteiger partial charge in [-0.2, -0.15) is 0 Å². The van der Waals surface area contributed by atoms with E-state index in [1.165, 1.54) is 66.1 Å². The maximum atomic E-state index is 4.10. The second kappa shape index (κ2) is 17.6. The second-order valence-electron chi connectivity index (χ2n) is 23.0. The number of benzene rings is 9. The summed E-state index contributed by atoms with van der Waals surface area (Å²) in [7, 11) is 0. The molecular weight excluding hydrogens is 821 g/mol. The molecule has 2 heteroatoms. The largest absolute Gasteiger partial charge is 0.354 e. The van der Waals surface area contributed by atoms with E-state index in [4.69, 9.17) is 0 Å². The fraction of sp³-hybridized carbons (Fsp3) is 0.242. The summed E-state index contributed by atoms with van der Waals surface area (Å²) in [5.41, 5.74) is 18.6.